The number of ether oxygens (including phenoxy) is 2. The predicted octanol–water partition coefficient (Wildman–Crippen LogP) is 4.83. The van der Waals surface area contributed by atoms with E-state index in [9.17, 15) is 4.79 Å². The monoisotopic (exact) mass is 296 g/mol. The SMILES string of the molecule is C=COc1ccccc1-c1ccccc1OC(=O)C(C)(C)C. The van der Waals surface area contributed by atoms with Crippen LogP contribution in [0.15, 0.2) is 61.4 Å². The van der Waals surface area contributed by atoms with Crippen LogP contribution in [0, 0.1) is 5.41 Å². The van der Waals surface area contributed by atoms with Crippen LogP contribution in [-0.2, 0) is 4.79 Å². The van der Waals surface area contributed by atoms with Gasteiger partial charge in [-0.1, -0.05) is 43.0 Å². The molecule has 0 unspecified atom stereocenters. The van der Waals surface area contributed by atoms with E-state index in [1.807, 2.05) is 63.2 Å². The topological polar surface area (TPSA) is 35.5 Å². The van der Waals surface area contributed by atoms with Crippen LogP contribution in [-0.4, -0.2) is 5.97 Å². The highest BCUT2D eigenvalue weighted by molar-refractivity contribution is 5.82. The highest BCUT2D eigenvalue weighted by Gasteiger charge is 2.25. The van der Waals surface area contributed by atoms with Gasteiger partial charge in [0.25, 0.3) is 0 Å². The summed E-state index contributed by atoms with van der Waals surface area (Å²) in [5.41, 5.74) is 1.09. The molecule has 22 heavy (non-hydrogen) atoms. The van der Waals surface area contributed by atoms with Gasteiger partial charge in [-0.05, 0) is 32.9 Å². The van der Waals surface area contributed by atoms with Crippen LogP contribution in [0.25, 0.3) is 11.1 Å². The van der Waals surface area contributed by atoms with E-state index in [0.29, 0.717) is 11.5 Å². The smallest absolute Gasteiger partial charge is 0.316 e. The molecule has 2 rings (SSSR count). The summed E-state index contributed by atoms with van der Waals surface area (Å²) in [6, 6.07) is 15.0. The zero-order valence-electron chi connectivity index (χ0n) is 13.1. The fourth-order valence-electron chi connectivity index (χ4n) is 1.91. The van der Waals surface area contributed by atoms with Crippen molar-refractivity contribution >= 4 is 5.97 Å². The number of carbonyl (C=O) groups excluding carboxylic acids is 1. The first-order valence-electron chi connectivity index (χ1n) is 7.12. The molecule has 0 aliphatic rings. The Morgan fingerprint density at radius 2 is 1.45 bits per heavy atom. The van der Waals surface area contributed by atoms with E-state index in [4.69, 9.17) is 9.47 Å². The second kappa shape index (κ2) is 6.48. The molecular weight excluding hydrogens is 276 g/mol. The average Bonchev–Trinajstić information content (AvgIpc) is 2.48. The molecule has 0 heterocycles. The normalized spacial score (nSPS) is 10.9. The van der Waals surface area contributed by atoms with E-state index in [0.717, 1.165) is 11.1 Å². The first-order chi connectivity index (χ1) is 10.4. The number of hydrogen-bond acceptors (Lipinski definition) is 3. The minimum Gasteiger partial charge on any atom is -0.465 e. The van der Waals surface area contributed by atoms with E-state index in [2.05, 4.69) is 6.58 Å². The van der Waals surface area contributed by atoms with Gasteiger partial charge in [0.1, 0.15) is 11.5 Å². The van der Waals surface area contributed by atoms with Crippen molar-refractivity contribution < 1.29 is 14.3 Å². The second-order valence-corrected chi connectivity index (χ2v) is 5.92. The highest BCUT2D eigenvalue weighted by Crippen LogP contribution is 2.37. The van der Waals surface area contributed by atoms with Crippen LogP contribution in [0.2, 0.25) is 0 Å². The molecule has 3 nitrogen and oxygen atoms in total. The van der Waals surface area contributed by atoms with E-state index in [1.165, 1.54) is 6.26 Å². The first kappa shape index (κ1) is 15.8. The van der Waals surface area contributed by atoms with Crippen molar-refractivity contribution in [2.45, 2.75) is 20.8 Å². The highest BCUT2D eigenvalue weighted by atomic mass is 16.5. The third-order valence-electron chi connectivity index (χ3n) is 3.09. The van der Waals surface area contributed by atoms with Crippen molar-refractivity contribution in [3.05, 3.63) is 61.4 Å². The molecule has 3 heteroatoms. The molecule has 0 atom stereocenters. The Labute approximate surface area is 131 Å². The summed E-state index contributed by atoms with van der Waals surface area (Å²) in [7, 11) is 0. The van der Waals surface area contributed by atoms with Crippen molar-refractivity contribution in [2.24, 2.45) is 5.41 Å². The molecule has 0 amide bonds. The molecule has 0 radical (unpaired) electrons. The summed E-state index contributed by atoms with van der Waals surface area (Å²) in [4.78, 5) is 12.2. The van der Waals surface area contributed by atoms with Gasteiger partial charge in [-0.15, -0.1) is 0 Å². The van der Waals surface area contributed by atoms with Gasteiger partial charge in [-0.3, -0.25) is 4.79 Å². The Hall–Kier alpha value is -2.55. The van der Waals surface area contributed by atoms with Crippen molar-refractivity contribution in [2.75, 3.05) is 0 Å². The minimum absolute atomic E-state index is 0.276. The van der Waals surface area contributed by atoms with Gasteiger partial charge in [0.05, 0.1) is 11.7 Å². The molecule has 0 aliphatic carbocycles. The van der Waals surface area contributed by atoms with Gasteiger partial charge >= 0.3 is 5.97 Å². The third-order valence-corrected chi connectivity index (χ3v) is 3.09. The Kier molecular flexibility index (Phi) is 4.66. The standard InChI is InChI=1S/C19H20O3/c1-5-21-16-12-8-6-10-14(16)15-11-7-9-13-17(15)22-18(20)19(2,3)4/h5-13H,1H2,2-4H3. The lowest BCUT2D eigenvalue weighted by atomic mass is 9.97. The van der Waals surface area contributed by atoms with E-state index in [1.54, 1.807) is 6.07 Å². The predicted molar refractivity (Wildman–Crippen MR) is 87.8 cm³/mol. The zero-order chi connectivity index (χ0) is 16.2. The maximum atomic E-state index is 12.2. The Balaban J connectivity index is 2.45. The lowest BCUT2D eigenvalue weighted by Crippen LogP contribution is -2.25. The second-order valence-electron chi connectivity index (χ2n) is 5.92. The molecule has 0 saturated heterocycles. The summed E-state index contributed by atoms with van der Waals surface area (Å²) in [6.07, 6.45) is 1.38. The van der Waals surface area contributed by atoms with E-state index in [-0.39, 0.29) is 5.97 Å². The fraction of sp³-hybridized carbons (Fsp3) is 0.211. The van der Waals surface area contributed by atoms with Crippen molar-refractivity contribution in [1.29, 1.82) is 0 Å². The minimum atomic E-state index is -0.565. The van der Waals surface area contributed by atoms with Gasteiger partial charge in [0, 0.05) is 11.1 Å². The molecule has 0 spiro atoms. The number of rotatable bonds is 4. The number of para-hydroxylation sites is 2. The Morgan fingerprint density at radius 1 is 0.955 bits per heavy atom. The van der Waals surface area contributed by atoms with Crippen LogP contribution in [0.1, 0.15) is 20.8 Å². The van der Waals surface area contributed by atoms with Crippen molar-refractivity contribution in [3.63, 3.8) is 0 Å². The molecule has 0 aromatic heterocycles. The quantitative estimate of drug-likeness (QED) is 0.460. The third kappa shape index (κ3) is 3.55. The van der Waals surface area contributed by atoms with E-state index < -0.39 is 5.41 Å². The largest absolute Gasteiger partial charge is 0.465 e. The van der Waals surface area contributed by atoms with Crippen LogP contribution in [0.3, 0.4) is 0 Å². The molecule has 114 valence electrons. The maximum Gasteiger partial charge on any atom is 0.316 e. The summed E-state index contributed by atoms with van der Waals surface area (Å²) >= 11 is 0. The molecule has 2 aromatic carbocycles. The average molecular weight is 296 g/mol. The number of hydrogen-bond donors (Lipinski definition) is 0. The van der Waals surface area contributed by atoms with E-state index >= 15 is 0 Å². The fourth-order valence-corrected chi connectivity index (χ4v) is 1.91. The molecule has 2 aromatic rings. The lowest BCUT2D eigenvalue weighted by Gasteiger charge is -2.18. The first-order valence-corrected chi connectivity index (χ1v) is 7.12. The molecule has 0 saturated carbocycles. The molecule has 0 fully saturated rings. The molecule has 0 aliphatic heterocycles. The van der Waals surface area contributed by atoms with Crippen molar-refractivity contribution in [3.8, 4) is 22.6 Å². The van der Waals surface area contributed by atoms with Gasteiger partial charge in [0.15, 0.2) is 0 Å². The molecule has 0 bridgehead atoms. The number of benzene rings is 2. The number of carbonyl (C=O) groups is 1. The van der Waals surface area contributed by atoms with Gasteiger partial charge in [0.2, 0.25) is 0 Å². The lowest BCUT2D eigenvalue weighted by molar-refractivity contribution is -0.142. The van der Waals surface area contributed by atoms with Crippen molar-refractivity contribution in [1.82, 2.24) is 0 Å². The Morgan fingerprint density at radius 3 is 2.00 bits per heavy atom. The summed E-state index contributed by atoms with van der Waals surface area (Å²) in [5.74, 6) is 0.904. The summed E-state index contributed by atoms with van der Waals surface area (Å²) in [6.45, 7) is 9.06. The molecule has 0 N–H and O–H groups in total. The Bertz CT molecular complexity index is 681. The van der Waals surface area contributed by atoms with Crippen LogP contribution < -0.4 is 9.47 Å². The summed E-state index contributed by atoms with van der Waals surface area (Å²) < 4.78 is 11.0. The zero-order valence-corrected chi connectivity index (χ0v) is 13.1. The number of esters is 1. The van der Waals surface area contributed by atoms with Gasteiger partial charge in [-0.25, -0.2) is 0 Å². The van der Waals surface area contributed by atoms with Crippen LogP contribution >= 0.6 is 0 Å². The maximum absolute atomic E-state index is 12.2. The van der Waals surface area contributed by atoms with Gasteiger partial charge in [-0.2, -0.15) is 0 Å². The van der Waals surface area contributed by atoms with Crippen LogP contribution in [0.5, 0.6) is 11.5 Å². The summed E-state index contributed by atoms with van der Waals surface area (Å²) in [5, 5.41) is 0. The van der Waals surface area contributed by atoms with Gasteiger partial charge < -0.3 is 9.47 Å². The van der Waals surface area contributed by atoms with Crippen LogP contribution in [0.4, 0.5) is 0 Å². The molecular formula is C19H20O3.